The van der Waals surface area contributed by atoms with Gasteiger partial charge in [-0.15, -0.1) is 0 Å². The topological polar surface area (TPSA) is 142 Å². The summed E-state index contributed by atoms with van der Waals surface area (Å²) in [6, 6.07) is 0. The van der Waals surface area contributed by atoms with Crippen molar-refractivity contribution in [3.8, 4) is 0 Å². The van der Waals surface area contributed by atoms with Crippen LogP contribution >= 0.6 is 7.82 Å². The van der Waals surface area contributed by atoms with Crippen LogP contribution in [0.15, 0.2) is 17.3 Å². The lowest BCUT2D eigenvalue weighted by Gasteiger charge is -2.35. The van der Waals surface area contributed by atoms with Crippen molar-refractivity contribution >= 4 is 19.6 Å². The highest BCUT2D eigenvalue weighted by Gasteiger charge is 2.66. The first kappa shape index (κ1) is 23.0. The molecule has 3 heterocycles. The van der Waals surface area contributed by atoms with Crippen LogP contribution in [-0.4, -0.2) is 72.3 Å². The summed E-state index contributed by atoms with van der Waals surface area (Å²) in [5, 5.41) is 9.92. The molecule has 3 aliphatic heterocycles. The third kappa shape index (κ3) is 4.66. The average molecular weight is 455 g/mol. The lowest BCUT2D eigenvalue weighted by atomic mass is 10.1. The Hall–Kier alpha value is -1.63. The number of nitrogens with two attached hydrogens (primary N) is 1. The second kappa shape index (κ2) is 8.85. The Balaban J connectivity index is 1.61. The largest absolute Gasteiger partial charge is 0.475 e. The predicted octanol–water partition coefficient (Wildman–Crippen LogP) is 0.938. The molecule has 0 amide bonds. The van der Waals surface area contributed by atoms with Crippen LogP contribution in [0.25, 0.3) is 0 Å². The van der Waals surface area contributed by atoms with E-state index >= 15 is 0 Å². The second-order valence-corrected chi connectivity index (χ2v) is 8.53. The molecule has 0 aliphatic carbocycles. The number of aliphatic hydroxyl groups excluding tert-OH is 1. The highest BCUT2D eigenvalue weighted by atomic mass is 31.2. The Morgan fingerprint density at radius 2 is 2.30 bits per heavy atom. The van der Waals surface area contributed by atoms with E-state index in [0.717, 1.165) is 11.1 Å². The van der Waals surface area contributed by atoms with Crippen molar-refractivity contribution in [2.45, 2.75) is 51.0 Å². The number of hydrogen-bond acceptors (Lipinski definition) is 11. The van der Waals surface area contributed by atoms with Crippen LogP contribution in [0, 0.1) is 5.92 Å². The molecule has 2 fully saturated rings. The minimum Gasteiger partial charge on any atom is -0.466 e. The van der Waals surface area contributed by atoms with E-state index in [-0.39, 0.29) is 25.5 Å². The number of ether oxygens (including phenoxy) is 2. The lowest BCUT2D eigenvalue weighted by molar-refractivity contribution is -0.183. The molecule has 3 rings (SSSR count). The summed E-state index contributed by atoms with van der Waals surface area (Å²) in [5.74, 6) is -4.72. The number of phosphoric acid groups is 1. The first-order valence-electron chi connectivity index (χ1n) is 9.32. The van der Waals surface area contributed by atoms with Gasteiger partial charge in [-0.1, -0.05) is 6.92 Å². The Bertz CT molecular complexity index is 767. The van der Waals surface area contributed by atoms with E-state index in [1.807, 2.05) is 0 Å². The van der Waals surface area contributed by atoms with Crippen LogP contribution in [0.5, 0.6) is 0 Å². The van der Waals surface area contributed by atoms with E-state index in [1.54, 1.807) is 13.8 Å². The quantitative estimate of drug-likeness (QED) is 0.421. The summed E-state index contributed by atoms with van der Waals surface area (Å²) in [6.07, 6.45) is -4.34. The van der Waals surface area contributed by atoms with Crippen LogP contribution in [-0.2, 0) is 32.4 Å². The van der Waals surface area contributed by atoms with E-state index in [4.69, 9.17) is 28.8 Å². The fraction of sp³-hybridized carbons (Fsp3) is 0.750. The molecule has 0 aromatic rings. The van der Waals surface area contributed by atoms with Crippen molar-refractivity contribution in [1.29, 1.82) is 0 Å². The number of aliphatic hydroxyl groups is 1. The van der Waals surface area contributed by atoms with Gasteiger partial charge >= 0.3 is 19.7 Å². The monoisotopic (exact) mass is 455 g/mol. The summed E-state index contributed by atoms with van der Waals surface area (Å²) >= 11 is 0. The van der Waals surface area contributed by atoms with E-state index in [0.29, 0.717) is 0 Å². The van der Waals surface area contributed by atoms with Gasteiger partial charge in [-0.2, -0.15) is 8.78 Å². The molecule has 0 aromatic carbocycles. The third-order valence-corrected chi connectivity index (χ3v) is 6.15. The zero-order valence-electron chi connectivity index (χ0n) is 16.3. The molecule has 170 valence electrons. The maximum atomic E-state index is 15.0. The zero-order chi connectivity index (χ0) is 22.1. The number of nitrogens with zero attached hydrogens (tertiary/aromatic N) is 2. The van der Waals surface area contributed by atoms with Gasteiger partial charge in [-0.3, -0.25) is 18.4 Å². The normalized spacial score (nSPS) is 36.2. The van der Waals surface area contributed by atoms with Crippen molar-refractivity contribution in [2.24, 2.45) is 16.6 Å². The van der Waals surface area contributed by atoms with Gasteiger partial charge in [-0.25, -0.2) is 9.56 Å². The minimum absolute atomic E-state index is 0.0352. The number of carbonyl (C=O) groups is 1. The zero-order valence-corrected chi connectivity index (χ0v) is 17.2. The molecular formula is C16H24F2N3O8P. The number of hydrogen-bond donors (Lipinski definition) is 2. The maximum absolute atomic E-state index is 15.0. The van der Waals surface area contributed by atoms with Crippen LogP contribution in [0.3, 0.4) is 0 Å². The van der Waals surface area contributed by atoms with Gasteiger partial charge in [0.1, 0.15) is 11.9 Å². The fourth-order valence-corrected chi connectivity index (χ4v) is 4.49. The Labute approximate surface area is 171 Å². The van der Waals surface area contributed by atoms with Crippen molar-refractivity contribution < 1.29 is 46.3 Å². The number of alkyl halides is 2. The van der Waals surface area contributed by atoms with Crippen LogP contribution in [0.2, 0.25) is 0 Å². The smallest absolute Gasteiger partial charge is 0.466 e. The number of esters is 1. The molecule has 0 bridgehead atoms. The molecule has 3 N–H and O–H groups in total. The van der Waals surface area contributed by atoms with Gasteiger partial charge in [0.05, 0.1) is 25.7 Å². The van der Waals surface area contributed by atoms with Gasteiger partial charge in [0.15, 0.2) is 6.10 Å². The lowest BCUT2D eigenvalue weighted by Crippen LogP contribution is -2.52. The van der Waals surface area contributed by atoms with E-state index < -0.39 is 57.0 Å². The van der Waals surface area contributed by atoms with Gasteiger partial charge in [-0.05, 0) is 19.4 Å². The van der Waals surface area contributed by atoms with Crippen LogP contribution in [0.1, 0.15) is 20.3 Å². The van der Waals surface area contributed by atoms with E-state index in [1.165, 1.54) is 6.08 Å². The highest BCUT2D eigenvalue weighted by molar-refractivity contribution is 7.48. The van der Waals surface area contributed by atoms with Crippen molar-refractivity contribution in [3.63, 3.8) is 0 Å². The summed E-state index contributed by atoms with van der Waals surface area (Å²) in [6.45, 7) is 2.77. The summed E-state index contributed by atoms with van der Waals surface area (Å²) in [4.78, 5) is 16.0. The molecule has 6 atom stereocenters. The predicted molar refractivity (Wildman–Crippen MR) is 97.0 cm³/mol. The summed E-state index contributed by atoms with van der Waals surface area (Å²) in [7, 11) is -4.32. The maximum Gasteiger partial charge on any atom is 0.475 e. The van der Waals surface area contributed by atoms with Gasteiger partial charge in [0.2, 0.25) is 12.6 Å². The molecule has 0 spiro atoms. The van der Waals surface area contributed by atoms with Crippen molar-refractivity contribution in [2.75, 3.05) is 19.8 Å². The highest BCUT2D eigenvalue weighted by Crippen LogP contribution is 2.59. The van der Waals surface area contributed by atoms with Crippen molar-refractivity contribution in [3.05, 3.63) is 12.3 Å². The molecule has 1 unspecified atom stereocenters. The molecule has 0 aromatic heterocycles. The molecule has 0 saturated carbocycles. The number of halogens is 2. The fourth-order valence-electron chi connectivity index (χ4n) is 3.08. The number of amidine groups is 1. The minimum atomic E-state index is -4.32. The van der Waals surface area contributed by atoms with Crippen LogP contribution < -0.4 is 5.73 Å². The van der Waals surface area contributed by atoms with Gasteiger partial charge < -0.3 is 25.2 Å². The molecule has 2 saturated heterocycles. The molecule has 11 nitrogen and oxygen atoms in total. The number of fused-ring (bicyclic) bond motifs is 1. The molecule has 30 heavy (non-hydrogen) atoms. The first-order valence-corrected chi connectivity index (χ1v) is 10.8. The van der Waals surface area contributed by atoms with Crippen molar-refractivity contribution in [1.82, 2.24) is 4.90 Å². The SMILES string of the molecule is CCOC(=O)[C@H](C)CCO[P@@]1(=O)OC[C@H]2O[C@@H](N3C=CC(N)=NC3O)C(F)(F)[C@@H]2O1. The number of phosphoric ester groups is 1. The number of carbonyl (C=O) groups excluding carboxylic acids is 1. The number of aliphatic imine (C=N–C) groups is 1. The average Bonchev–Trinajstić information content (AvgIpc) is 2.92. The Morgan fingerprint density at radius 1 is 1.57 bits per heavy atom. The van der Waals surface area contributed by atoms with Gasteiger partial charge in [0, 0.05) is 6.20 Å². The van der Waals surface area contributed by atoms with E-state index in [2.05, 4.69) is 4.99 Å². The standard InChI is InChI=1S/C16H24F2N3O8P/c1-3-25-13(22)9(2)5-7-26-30(24)27-8-10-12(29-30)16(17,18)14(28-10)21-6-4-11(19)20-15(21)23/h4,6,9-10,12,14-15,23H,3,5,7-8H2,1-2H3,(H2,19,20)/t9-,10-,12-,14-,15?,30+/m1/s1. The molecule has 3 aliphatic rings. The summed E-state index contributed by atoms with van der Waals surface area (Å²) < 4.78 is 67.9. The first-order chi connectivity index (χ1) is 14.1. The van der Waals surface area contributed by atoms with Gasteiger partial charge in [0.25, 0.3) is 0 Å². The van der Waals surface area contributed by atoms with Crippen LogP contribution in [0.4, 0.5) is 8.78 Å². The molecule has 0 radical (unpaired) electrons. The number of rotatable bonds is 7. The third-order valence-electron chi connectivity index (χ3n) is 4.70. The van der Waals surface area contributed by atoms with E-state index in [9.17, 15) is 23.2 Å². The Kier molecular flexibility index (Phi) is 6.80. The molecule has 14 heteroatoms. The summed E-state index contributed by atoms with van der Waals surface area (Å²) in [5.41, 5.74) is 5.43. The second-order valence-electron chi connectivity index (χ2n) is 6.91. The molecular weight excluding hydrogens is 431 g/mol. The Morgan fingerprint density at radius 3 is 2.97 bits per heavy atom.